The Morgan fingerprint density at radius 1 is 1.05 bits per heavy atom. The molecule has 0 spiro atoms. The lowest BCUT2D eigenvalue weighted by molar-refractivity contribution is 0.102. The van der Waals surface area contributed by atoms with Crippen molar-refractivity contribution in [3.63, 3.8) is 0 Å². The Hall–Kier alpha value is -1.85. The number of nitrogen functional groups attached to an aromatic ring is 1. The first-order chi connectivity index (χ1) is 9.38. The summed E-state index contributed by atoms with van der Waals surface area (Å²) in [4.78, 5) is 11.9. The summed E-state index contributed by atoms with van der Waals surface area (Å²) >= 11 is 11.1. The molecule has 0 aromatic heterocycles. The van der Waals surface area contributed by atoms with E-state index in [4.69, 9.17) is 28.9 Å². The number of hydrogen-bond acceptors (Lipinski definition) is 2. The van der Waals surface area contributed by atoms with Gasteiger partial charge < -0.3 is 11.1 Å². The van der Waals surface area contributed by atoms with E-state index in [1.165, 1.54) is 18.2 Å². The van der Waals surface area contributed by atoms with Crippen molar-refractivity contribution in [1.29, 1.82) is 0 Å². The minimum absolute atomic E-state index is 0.257. The molecule has 2 rings (SSSR count). The van der Waals surface area contributed by atoms with Crippen LogP contribution in [0.3, 0.4) is 0 Å². The van der Waals surface area contributed by atoms with E-state index in [1.807, 2.05) is 0 Å². The van der Waals surface area contributed by atoms with Gasteiger partial charge >= 0.3 is 0 Å². The summed E-state index contributed by atoms with van der Waals surface area (Å²) in [5.41, 5.74) is 5.68. The van der Waals surface area contributed by atoms with Crippen LogP contribution in [0.25, 0.3) is 0 Å². The second-order valence-electron chi connectivity index (χ2n) is 3.94. The number of amides is 1. The number of rotatable bonds is 2. The quantitative estimate of drug-likeness (QED) is 0.647. The second kappa shape index (κ2) is 5.64. The highest BCUT2D eigenvalue weighted by Gasteiger charge is 2.15. The van der Waals surface area contributed by atoms with Gasteiger partial charge in [-0.15, -0.1) is 0 Å². The molecule has 104 valence electrons. The summed E-state index contributed by atoms with van der Waals surface area (Å²) < 4.78 is 26.8. The fourth-order valence-electron chi connectivity index (χ4n) is 1.52. The number of anilines is 2. The SMILES string of the molecule is Nc1cc(NC(=O)c2cc(F)c(Cl)cc2F)ccc1Cl. The van der Waals surface area contributed by atoms with E-state index in [0.717, 1.165) is 12.1 Å². The molecular formula is C13H8Cl2F2N2O. The molecule has 0 saturated carbocycles. The predicted molar refractivity (Wildman–Crippen MR) is 75.2 cm³/mol. The standard InChI is InChI=1S/C13H8Cl2F2N2O/c14-8-2-1-6(3-12(8)18)19-13(20)7-4-11(17)9(15)5-10(7)16/h1-5H,18H2,(H,19,20). The van der Waals surface area contributed by atoms with Crippen molar-refractivity contribution in [3.05, 3.63) is 57.6 Å². The molecule has 0 atom stereocenters. The molecule has 0 bridgehead atoms. The first-order valence-electron chi connectivity index (χ1n) is 5.39. The van der Waals surface area contributed by atoms with E-state index in [-0.39, 0.29) is 5.69 Å². The van der Waals surface area contributed by atoms with Crippen molar-refractivity contribution in [3.8, 4) is 0 Å². The molecule has 0 unspecified atom stereocenters. The summed E-state index contributed by atoms with van der Waals surface area (Å²) in [6.07, 6.45) is 0. The fourth-order valence-corrected chi connectivity index (χ4v) is 1.78. The van der Waals surface area contributed by atoms with Crippen LogP contribution in [-0.4, -0.2) is 5.91 Å². The molecule has 0 heterocycles. The highest BCUT2D eigenvalue weighted by molar-refractivity contribution is 6.33. The summed E-state index contributed by atoms with van der Waals surface area (Å²) in [6, 6.07) is 5.84. The van der Waals surface area contributed by atoms with Crippen LogP contribution in [-0.2, 0) is 0 Å². The topological polar surface area (TPSA) is 55.1 Å². The van der Waals surface area contributed by atoms with Crippen LogP contribution in [0.4, 0.5) is 20.2 Å². The van der Waals surface area contributed by atoms with Crippen LogP contribution in [0.2, 0.25) is 10.0 Å². The van der Waals surface area contributed by atoms with Crippen LogP contribution >= 0.6 is 23.2 Å². The van der Waals surface area contributed by atoms with Crippen LogP contribution in [0.15, 0.2) is 30.3 Å². The van der Waals surface area contributed by atoms with Crippen molar-refractivity contribution in [2.45, 2.75) is 0 Å². The number of nitrogens with one attached hydrogen (secondary N) is 1. The van der Waals surface area contributed by atoms with E-state index in [1.54, 1.807) is 0 Å². The lowest BCUT2D eigenvalue weighted by atomic mass is 10.2. The summed E-state index contributed by atoms with van der Waals surface area (Å²) in [6.45, 7) is 0. The van der Waals surface area contributed by atoms with Gasteiger partial charge in [-0.25, -0.2) is 8.78 Å². The summed E-state index contributed by atoms with van der Waals surface area (Å²) in [5, 5.41) is 2.32. The highest BCUT2D eigenvalue weighted by Crippen LogP contribution is 2.24. The number of benzene rings is 2. The number of nitrogens with two attached hydrogens (primary N) is 1. The maximum absolute atomic E-state index is 13.6. The van der Waals surface area contributed by atoms with Crippen LogP contribution in [0, 0.1) is 11.6 Å². The predicted octanol–water partition coefficient (Wildman–Crippen LogP) is 4.11. The molecule has 3 N–H and O–H groups in total. The fraction of sp³-hybridized carbons (Fsp3) is 0. The molecule has 0 aliphatic rings. The molecule has 20 heavy (non-hydrogen) atoms. The Morgan fingerprint density at radius 3 is 2.40 bits per heavy atom. The maximum atomic E-state index is 13.6. The Bertz CT molecular complexity index is 692. The molecule has 0 saturated heterocycles. The Labute approximate surface area is 123 Å². The monoisotopic (exact) mass is 316 g/mol. The van der Waals surface area contributed by atoms with Crippen molar-refractivity contribution in [1.82, 2.24) is 0 Å². The first kappa shape index (κ1) is 14.6. The minimum atomic E-state index is -0.921. The summed E-state index contributed by atoms with van der Waals surface area (Å²) in [5.74, 6) is -2.62. The van der Waals surface area contributed by atoms with E-state index in [0.29, 0.717) is 10.7 Å². The number of carbonyl (C=O) groups excluding carboxylic acids is 1. The van der Waals surface area contributed by atoms with Crippen molar-refractivity contribution in [2.24, 2.45) is 0 Å². The number of halogens is 4. The third-order valence-electron chi connectivity index (χ3n) is 2.51. The van der Waals surface area contributed by atoms with Gasteiger partial charge in [-0.05, 0) is 30.3 Å². The van der Waals surface area contributed by atoms with Gasteiger partial charge in [0, 0.05) is 5.69 Å². The molecule has 0 fully saturated rings. The van der Waals surface area contributed by atoms with Gasteiger partial charge in [-0.3, -0.25) is 4.79 Å². The Kier molecular flexibility index (Phi) is 4.11. The molecular weight excluding hydrogens is 309 g/mol. The van der Waals surface area contributed by atoms with Gasteiger partial charge in [0.1, 0.15) is 11.6 Å². The van der Waals surface area contributed by atoms with E-state index < -0.39 is 28.1 Å². The smallest absolute Gasteiger partial charge is 0.258 e. The van der Waals surface area contributed by atoms with Gasteiger partial charge in [-0.1, -0.05) is 23.2 Å². The third-order valence-corrected chi connectivity index (χ3v) is 3.14. The molecule has 1 amide bonds. The average Bonchev–Trinajstić information content (AvgIpc) is 2.38. The zero-order valence-electron chi connectivity index (χ0n) is 9.88. The molecule has 2 aromatic carbocycles. The minimum Gasteiger partial charge on any atom is -0.397 e. The van der Waals surface area contributed by atoms with Gasteiger partial charge in [-0.2, -0.15) is 0 Å². The molecule has 0 aliphatic heterocycles. The second-order valence-corrected chi connectivity index (χ2v) is 4.75. The lowest BCUT2D eigenvalue weighted by Crippen LogP contribution is -2.14. The van der Waals surface area contributed by atoms with Crippen LogP contribution < -0.4 is 11.1 Å². The molecule has 0 radical (unpaired) electrons. The first-order valence-corrected chi connectivity index (χ1v) is 6.15. The van der Waals surface area contributed by atoms with Crippen LogP contribution in [0.5, 0.6) is 0 Å². The van der Waals surface area contributed by atoms with Gasteiger partial charge in [0.05, 0.1) is 21.3 Å². The Morgan fingerprint density at radius 2 is 1.75 bits per heavy atom. The maximum Gasteiger partial charge on any atom is 0.258 e. The summed E-state index contributed by atoms with van der Waals surface area (Å²) in [7, 11) is 0. The molecule has 7 heteroatoms. The van der Waals surface area contributed by atoms with Crippen molar-refractivity contribution >= 4 is 40.5 Å². The van der Waals surface area contributed by atoms with Gasteiger partial charge in [0.15, 0.2) is 0 Å². The largest absolute Gasteiger partial charge is 0.397 e. The van der Waals surface area contributed by atoms with Crippen LogP contribution in [0.1, 0.15) is 10.4 Å². The Balaban J connectivity index is 2.28. The lowest BCUT2D eigenvalue weighted by Gasteiger charge is -2.08. The molecule has 2 aromatic rings. The van der Waals surface area contributed by atoms with Gasteiger partial charge in [0.2, 0.25) is 0 Å². The van der Waals surface area contributed by atoms with Gasteiger partial charge in [0.25, 0.3) is 5.91 Å². The highest BCUT2D eigenvalue weighted by atomic mass is 35.5. The van der Waals surface area contributed by atoms with E-state index in [2.05, 4.69) is 5.32 Å². The van der Waals surface area contributed by atoms with Crippen molar-refractivity contribution < 1.29 is 13.6 Å². The van der Waals surface area contributed by atoms with E-state index >= 15 is 0 Å². The number of hydrogen-bond donors (Lipinski definition) is 2. The molecule has 0 aliphatic carbocycles. The zero-order chi connectivity index (χ0) is 14.9. The number of carbonyl (C=O) groups is 1. The third kappa shape index (κ3) is 3.00. The molecule has 3 nitrogen and oxygen atoms in total. The normalized spacial score (nSPS) is 10.4. The zero-order valence-corrected chi connectivity index (χ0v) is 11.4. The average molecular weight is 317 g/mol. The van der Waals surface area contributed by atoms with Crippen molar-refractivity contribution in [2.75, 3.05) is 11.1 Å². The van der Waals surface area contributed by atoms with E-state index in [9.17, 15) is 13.6 Å².